The Morgan fingerprint density at radius 2 is 1.73 bits per heavy atom. The predicted octanol–water partition coefficient (Wildman–Crippen LogP) is 5.48. The summed E-state index contributed by atoms with van der Waals surface area (Å²) in [5.74, 6) is -0.278. The molecule has 0 aliphatic carbocycles. The molecule has 0 bridgehead atoms. The maximum absolute atomic E-state index is 13.3. The van der Waals surface area contributed by atoms with Crippen molar-refractivity contribution in [3.63, 3.8) is 0 Å². The van der Waals surface area contributed by atoms with Crippen molar-refractivity contribution in [2.45, 2.75) is 66.1 Å². The van der Waals surface area contributed by atoms with Crippen molar-refractivity contribution in [3.8, 4) is 0 Å². The second-order valence-corrected chi connectivity index (χ2v) is 8.69. The number of halogens is 2. The number of benzene rings is 2. The first kappa shape index (κ1) is 24.2. The maximum Gasteiger partial charge on any atom is 0.242 e. The van der Waals surface area contributed by atoms with Crippen molar-refractivity contribution in [1.82, 2.24) is 10.2 Å². The highest BCUT2D eigenvalue weighted by atomic mass is 35.5. The Bertz CT molecular complexity index is 914. The van der Waals surface area contributed by atoms with Gasteiger partial charge in [0, 0.05) is 12.6 Å². The molecule has 6 heteroatoms. The molecule has 0 aromatic heterocycles. The van der Waals surface area contributed by atoms with Gasteiger partial charge in [-0.2, -0.15) is 0 Å². The molecule has 2 amide bonds. The van der Waals surface area contributed by atoms with Crippen LogP contribution in [0.25, 0.3) is 0 Å². The summed E-state index contributed by atoms with van der Waals surface area (Å²) >= 11 is 12.2. The molecule has 0 heterocycles. The van der Waals surface area contributed by atoms with Gasteiger partial charge in [0.2, 0.25) is 11.8 Å². The van der Waals surface area contributed by atoms with E-state index in [0.29, 0.717) is 10.0 Å². The molecule has 0 radical (unpaired) electrons. The van der Waals surface area contributed by atoms with Gasteiger partial charge in [0.05, 0.1) is 16.5 Å². The monoisotopic (exact) mass is 448 g/mol. The van der Waals surface area contributed by atoms with Crippen molar-refractivity contribution in [2.75, 3.05) is 0 Å². The molecule has 162 valence electrons. The molecule has 1 N–H and O–H groups in total. The molecular weight excluding hydrogens is 419 g/mol. The van der Waals surface area contributed by atoms with Crippen LogP contribution in [-0.2, 0) is 22.6 Å². The third-order valence-corrected chi connectivity index (χ3v) is 6.09. The van der Waals surface area contributed by atoms with Crippen molar-refractivity contribution >= 4 is 35.0 Å². The van der Waals surface area contributed by atoms with Gasteiger partial charge in [-0.05, 0) is 62.9 Å². The number of nitrogens with one attached hydrogen (secondary N) is 1. The highest BCUT2D eigenvalue weighted by molar-refractivity contribution is 6.42. The molecule has 2 aromatic rings. The average molecular weight is 449 g/mol. The number of rotatable bonds is 8. The summed E-state index contributed by atoms with van der Waals surface area (Å²) in [5.41, 5.74) is 3.94. The zero-order valence-corrected chi connectivity index (χ0v) is 19.8. The van der Waals surface area contributed by atoms with Gasteiger partial charge < -0.3 is 10.2 Å². The minimum absolute atomic E-state index is 0.0425. The Kier molecular flexibility index (Phi) is 8.75. The zero-order chi connectivity index (χ0) is 22.4. The van der Waals surface area contributed by atoms with E-state index in [1.54, 1.807) is 24.0 Å². The summed E-state index contributed by atoms with van der Waals surface area (Å²) in [4.78, 5) is 27.7. The van der Waals surface area contributed by atoms with Gasteiger partial charge in [-0.15, -0.1) is 0 Å². The smallest absolute Gasteiger partial charge is 0.242 e. The van der Waals surface area contributed by atoms with Crippen LogP contribution in [-0.4, -0.2) is 28.8 Å². The van der Waals surface area contributed by atoms with Crippen LogP contribution in [0.15, 0.2) is 36.4 Å². The van der Waals surface area contributed by atoms with Crippen LogP contribution in [0, 0.1) is 13.8 Å². The van der Waals surface area contributed by atoms with Crippen LogP contribution in [0.3, 0.4) is 0 Å². The topological polar surface area (TPSA) is 49.4 Å². The molecule has 2 aromatic carbocycles. The first-order valence-electron chi connectivity index (χ1n) is 10.2. The van der Waals surface area contributed by atoms with Crippen LogP contribution in [0.2, 0.25) is 10.0 Å². The minimum atomic E-state index is -0.619. The first-order chi connectivity index (χ1) is 14.1. The van der Waals surface area contributed by atoms with Crippen molar-refractivity contribution < 1.29 is 9.59 Å². The number of aryl methyl sites for hydroxylation is 2. The number of amides is 2. The van der Waals surface area contributed by atoms with Crippen LogP contribution in [0.5, 0.6) is 0 Å². The fourth-order valence-corrected chi connectivity index (χ4v) is 3.46. The fraction of sp³-hybridized carbons (Fsp3) is 0.417. The molecule has 0 fully saturated rings. The summed E-state index contributed by atoms with van der Waals surface area (Å²) in [6.45, 7) is 9.99. The minimum Gasteiger partial charge on any atom is -0.352 e. The van der Waals surface area contributed by atoms with E-state index in [1.807, 2.05) is 52.0 Å². The van der Waals surface area contributed by atoms with Crippen LogP contribution >= 0.6 is 23.2 Å². The predicted molar refractivity (Wildman–Crippen MR) is 124 cm³/mol. The van der Waals surface area contributed by atoms with Gasteiger partial charge in [0.1, 0.15) is 6.04 Å². The van der Waals surface area contributed by atoms with Gasteiger partial charge >= 0.3 is 0 Å². The Morgan fingerprint density at radius 3 is 2.37 bits per heavy atom. The van der Waals surface area contributed by atoms with Gasteiger partial charge in [0.15, 0.2) is 0 Å². The Hall–Kier alpha value is -2.04. The van der Waals surface area contributed by atoms with Gasteiger partial charge in [0.25, 0.3) is 0 Å². The molecule has 0 saturated heterocycles. The standard InChI is InChI=1S/C24H30Cl2N2O2/c1-6-17(4)27-24(30)18(5)28(14-19-9-10-21(25)22(26)12-19)23(29)13-20-11-15(2)7-8-16(20)3/h7-12,17-18H,6,13-14H2,1-5H3,(H,27,30)/t17-,18-/m1/s1. The third kappa shape index (κ3) is 6.48. The van der Waals surface area contributed by atoms with Crippen LogP contribution < -0.4 is 5.32 Å². The summed E-state index contributed by atoms with van der Waals surface area (Å²) in [5, 5.41) is 3.85. The Labute approximate surface area is 189 Å². The van der Waals surface area contributed by atoms with E-state index in [2.05, 4.69) is 5.32 Å². The lowest BCUT2D eigenvalue weighted by Crippen LogP contribution is -2.49. The zero-order valence-electron chi connectivity index (χ0n) is 18.3. The summed E-state index contributed by atoms with van der Waals surface area (Å²) < 4.78 is 0. The molecule has 0 aliphatic heterocycles. The lowest BCUT2D eigenvalue weighted by molar-refractivity contribution is -0.140. The van der Waals surface area contributed by atoms with E-state index in [9.17, 15) is 9.59 Å². The molecule has 0 unspecified atom stereocenters. The molecule has 0 spiro atoms. The summed E-state index contributed by atoms with van der Waals surface area (Å²) in [6.07, 6.45) is 1.05. The quantitative estimate of drug-likeness (QED) is 0.580. The van der Waals surface area contributed by atoms with E-state index >= 15 is 0 Å². The normalized spacial score (nSPS) is 12.9. The average Bonchev–Trinajstić information content (AvgIpc) is 2.70. The summed E-state index contributed by atoms with van der Waals surface area (Å²) in [6, 6.07) is 10.8. The molecule has 4 nitrogen and oxygen atoms in total. The van der Waals surface area contributed by atoms with E-state index in [4.69, 9.17) is 23.2 Å². The van der Waals surface area contributed by atoms with Crippen molar-refractivity contribution in [3.05, 3.63) is 68.7 Å². The second kappa shape index (κ2) is 10.8. The van der Waals surface area contributed by atoms with E-state index in [-0.39, 0.29) is 30.8 Å². The van der Waals surface area contributed by atoms with Crippen molar-refractivity contribution in [2.24, 2.45) is 0 Å². The third-order valence-electron chi connectivity index (χ3n) is 5.35. The number of carbonyl (C=O) groups excluding carboxylic acids is 2. The lowest BCUT2D eigenvalue weighted by atomic mass is 10.0. The SMILES string of the molecule is CC[C@@H](C)NC(=O)[C@@H](C)N(Cc1ccc(Cl)c(Cl)c1)C(=O)Cc1cc(C)ccc1C. The number of nitrogens with zero attached hydrogens (tertiary/aromatic N) is 1. The van der Waals surface area contributed by atoms with E-state index in [0.717, 1.165) is 28.7 Å². The molecule has 0 saturated carbocycles. The van der Waals surface area contributed by atoms with E-state index < -0.39 is 6.04 Å². The first-order valence-corrected chi connectivity index (χ1v) is 11.0. The Morgan fingerprint density at radius 1 is 1.03 bits per heavy atom. The molecule has 0 aliphatic rings. The molecule has 30 heavy (non-hydrogen) atoms. The number of hydrogen-bond acceptors (Lipinski definition) is 2. The second-order valence-electron chi connectivity index (χ2n) is 7.87. The number of hydrogen-bond donors (Lipinski definition) is 1. The highest BCUT2D eigenvalue weighted by Gasteiger charge is 2.27. The number of carbonyl (C=O) groups is 2. The molecule has 2 rings (SSSR count). The van der Waals surface area contributed by atoms with Gasteiger partial charge in [-0.3, -0.25) is 9.59 Å². The molecule has 2 atom stereocenters. The van der Waals surface area contributed by atoms with Gasteiger partial charge in [-0.1, -0.05) is 60.0 Å². The highest BCUT2D eigenvalue weighted by Crippen LogP contribution is 2.24. The maximum atomic E-state index is 13.3. The largest absolute Gasteiger partial charge is 0.352 e. The van der Waals surface area contributed by atoms with E-state index in [1.165, 1.54) is 0 Å². The molecular formula is C24H30Cl2N2O2. The van der Waals surface area contributed by atoms with Crippen LogP contribution in [0.1, 0.15) is 49.4 Å². The van der Waals surface area contributed by atoms with Crippen LogP contribution in [0.4, 0.5) is 0 Å². The van der Waals surface area contributed by atoms with Gasteiger partial charge in [-0.25, -0.2) is 0 Å². The Balaban J connectivity index is 2.30. The lowest BCUT2D eigenvalue weighted by Gasteiger charge is -2.30. The van der Waals surface area contributed by atoms with Crippen molar-refractivity contribution in [1.29, 1.82) is 0 Å². The summed E-state index contributed by atoms with van der Waals surface area (Å²) in [7, 11) is 0. The fourth-order valence-electron chi connectivity index (χ4n) is 3.14.